The maximum Gasteiger partial charge on any atom is 0.289 e. The first-order valence-electron chi connectivity index (χ1n) is 6.40. The van der Waals surface area contributed by atoms with Crippen LogP contribution in [-0.2, 0) is 4.79 Å². The van der Waals surface area contributed by atoms with E-state index in [1.807, 2.05) is 0 Å². The van der Waals surface area contributed by atoms with Crippen LogP contribution in [0.1, 0.15) is 25.7 Å². The van der Waals surface area contributed by atoms with Crippen LogP contribution < -0.4 is 11.1 Å². The van der Waals surface area contributed by atoms with Crippen LogP contribution in [0.4, 0.5) is 11.4 Å². The van der Waals surface area contributed by atoms with E-state index >= 15 is 0 Å². The summed E-state index contributed by atoms with van der Waals surface area (Å²) in [5, 5.41) is 13.5. The molecular formula is C13H16ClN3O3. The number of nitrogens with two attached hydrogens (primary N) is 1. The first-order chi connectivity index (χ1) is 9.46. The molecule has 108 valence electrons. The Bertz CT molecular complexity index is 538. The molecule has 0 atom stereocenters. The number of amides is 1. The number of benzene rings is 1. The molecule has 1 aliphatic rings. The van der Waals surface area contributed by atoms with Gasteiger partial charge in [0.05, 0.1) is 4.92 Å². The third-order valence-corrected chi connectivity index (χ3v) is 4.13. The second-order valence-electron chi connectivity index (χ2n) is 5.21. The van der Waals surface area contributed by atoms with Crippen LogP contribution in [0, 0.1) is 15.5 Å². The zero-order valence-corrected chi connectivity index (χ0v) is 11.7. The lowest BCUT2D eigenvalue weighted by molar-refractivity contribution is -0.384. The summed E-state index contributed by atoms with van der Waals surface area (Å²) in [7, 11) is 0. The third-order valence-electron chi connectivity index (χ3n) is 3.81. The lowest BCUT2D eigenvalue weighted by atomic mass is 9.66. The quantitative estimate of drug-likeness (QED) is 0.645. The highest BCUT2D eigenvalue weighted by atomic mass is 35.5. The summed E-state index contributed by atoms with van der Waals surface area (Å²) in [6, 6.07) is 4.20. The van der Waals surface area contributed by atoms with E-state index in [9.17, 15) is 14.9 Å². The van der Waals surface area contributed by atoms with Crippen molar-refractivity contribution in [1.82, 2.24) is 0 Å². The minimum Gasteiger partial charge on any atom is -0.330 e. The van der Waals surface area contributed by atoms with Gasteiger partial charge in [-0.25, -0.2) is 0 Å². The van der Waals surface area contributed by atoms with Crippen molar-refractivity contribution in [3.63, 3.8) is 0 Å². The van der Waals surface area contributed by atoms with Gasteiger partial charge in [0.15, 0.2) is 0 Å². The number of rotatable bonds is 5. The summed E-state index contributed by atoms with van der Waals surface area (Å²) in [5.41, 5.74) is 5.76. The zero-order chi connectivity index (χ0) is 14.8. The molecule has 0 aromatic heterocycles. The third kappa shape index (κ3) is 3.08. The smallest absolute Gasteiger partial charge is 0.289 e. The molecule has 3 N–H and O–H groups in total. The summed E-state index contributed by atoms with van der Waals surface area (Å²) < 4.78 is 0. The average molecular weight is 298 g/mol. The number of nitro benzene ring substituents is 1. The highest BCUT2D eigenvalue weighted by molar-refractivity contribution is 6.32. The molecule has 6 nitrogen and oxygen atoms in total. The second-order valence-corrected chi connectivity index (χ2v) is 5.61. The van der Waals surface area contributed by atoms with Crippen LogP contribution in [0.15, 0.2) is 18.2 Å². The standard InChI is InChI=1S/C13H16ClN3O3/c14-10-3-2-9(6-11(10)17(19)20)16-12(18)7-13(8-15)4-1-5-13/h2-3,6H,1,4-5,7-8,15H2,(H,16,18). The highest BCUT2D eigenvalue weighted by Crippen LogP contribution is 2.43. The van der Waals surface area contributed by atoms with Gasteiger partial charge in [0.2, 0.25) is 5.91 Å². The predicted molar refractivity (Wildman–Crippen MR) is 76.7 cm³/mol. The molecule has 7 heteroatoms. The second kappa shape index (κ2) is 5.76. The lowest BCUT2D eigenvalue weighted by Crippen LogP contribution is -2.40. The van der Waals surface area contributed by atoms with Crippen LogP contribution in [-0.4, -0.2) is 17.4 Å². The van der Waals surface area contributed by atoms with Crippen molar-refractivity contribution in [2.75, 3.05) is 11.9 Å². The zero-order valence-electron chi connectivity index (χ0n) is 10.9. The van der Waals surface area contributed by atoms with Gasteiger partial charge in [0, 0.05) is 18.2 Å². The Labute approximate surface area is 121 Å². The van der Waals surface area contributed by atoms with Crippen molar-refractivity contribution in [1.29, 1.82) is 0 Å². The Morgan fingerprint density at radius 2 is 2.20 bits per heavy atom. The minimum atomic E-state index is -0.578. The predicted octanol–water partition coefficient (Wildman–Crippen LogP) is 2.71. The molecule has 2 rings (SSSR count). The Hall–Kier alpha value is -1.66. The molecule has 0 bridgehead atoms. The van der Waals surface area contributed by atoms with Gasteiger partial charge < -0.3 is 11.1 Å². The van der Waals surface area contributed by atoms with E-state index in [0.29, 0.717) is 18.7 Å². The van der Waals surface area contributed by atoms with Gasteiger partial charge in [-0.3, -0.25) is 14.9 Å². The van der Waals surface area contributed by atoms with E-state index in [1.165, 1.54) is 12.1 Å². The summed E-state index contributed by atoms with van der Waals surface area (Å²) in [6.07, 6.45) is 3.35. The van der Waals surface area contributed by atoms with Gasteiger partial charge >= 0.3 is 0 Å². The average Bonchev–Trinajstić information content (AvgIpc) is 2.36. The fourth-order valence-electron chi connectivity index (χ4n) is 2.41. The SMILES string of the molecule is NCC1(CC(=O)Nc2ccc(Cl)c([N+](=O)[O-])c2)CCC1. The molecule has 0 spiro atoms. The Balaban J connectivity index is 2.04. The van der Waals surface area contributed by atoms with Gasteiger partial charge in [-0.1, -0.05) is 18.0 Å². The lowest BCUT2D eigenvalue weighted by Gasteiger charge is -2.40. The monoisotopic (exact) mass is 297 g/mol. The largest absolute Gasteiger partial charge is 0.330 e. The first-order valence-corrected chi connectivity index (χ1v) is 6.77. The topological polar surface area (TPSA) is 98.3 Å². The van der Waals surface area contributed by atoms with Crippen molar-refractivity contribution in [2.24, 2.45) is 11.1 Å². The molecule has 1 aromatic rings. The van der Waals surface area contributed by atoms with E-state index in [0.717, 1.165) is 19.3 Å². The highest BCUT2D eigenvalue weighted by Gasteiger charge is 2.37. The molecule has 1 amide bonds. The minimum absolute atomic E-state index is 0.0467. The maximum absolute atomic E-state index is 12.0. The molecule has 1 aromatic carbocycles. The van der Waals surface area contributed by atoms with E-state index in [1.54, 1.807) is 6.07 Å². The van der Waals surface area contributed by atoms with Gasteiger partial charge in [-0.05, 0) is 36.9 Å². The van der Waals surface area contributed by atoms with Gasteiger partial charge in [-0.2, -0.15) is 0 Å². The van der Waals surface area contributed by atoms with Crippen molar-refractivity contribution < 1.29 is 9.72 Å². The van der Waals surface area contributed by atoms with Crippen LogP contribution in [0.5, 0.6) is 0 Å². The molecule has 0 saturated heterocycles. The van der Waals surface area contributed by atoms with E-state index in [4.69, 9.17) is 17.3 Å². The van der Waals surface area contributed by atoms with E-state index in [-0.39, 0.29) is 22.0 Å². The Kier molecular flexibility index (Phi) is 4.25. The summed E-state index contributed by atoms with van der Waals surface area (Å²) >= 11 is 5.72. The normalized spacial score (nSPS) is 16.3. The number of nitro groups is 1. The Morgan fingerprint density at radius 3 is 2.70 bits per heavy atom. The molecule has 0 heterocycles. The van der Waals surface area contributed by atoms with Crippen LogP contribution in [0.2, 0.25) is 5.02 Å². The first kappa shape index (κ1) is 14.7. The summed E-state index contributed by atoms with van der Waals surface area (Å²) in [4.78, 5) is 22.2. The van der Waals surface area contributed by atoms with Gasteiger partial charge in [0.25, 0.3) is 5.69 Å². The number of hydrogen-bond donors (Lipinski definition) is 2. The van der Waals surface area contributed by atoms with Crippen molar-refractivity contribution in [3.05, 3.63) is 33.3 Å². The molecule has 20 heavy (non-hydrogen) atoms. The van der Waals surface area contributed by atoms with E-state index < -0.39 is 4.92 Å². The van der Waals surface area contributed by atoms with Gasteiger partial charge in [-0.15, -0.1) is 0 Å². The van der Waals surface area contributed by atoms with Crippen molar-refractivity contribution >= 4 is 28.9 Å². The summed E-state index contributed by atoms with van der Waals surface area (Å²) in [5.74, 6) is -0.174. The molecular weight excluding hydrogens is 282 g/mol. The number of nitrogens with zero attached hydrogens (tertiary/aromatic N) is 1. The maximum atomic E-state index is 12.0. The van der Waals surface area contributed by atoms with E-state index in [2.05, 4.69) is 5.32 Å². The molecule has 1 saturated carbocycles. The Morgan fingerprint density at radius 1 is 1.50 bits per heavy atom. The number of carbonyl (C=O) groups is 1. The van der Waals surface area contributed by atoms with Gasteiger partial charge in [0.1, 0.15) is 5.02 Å². The molecule has 1 aliphatic carbocycles. The van der Waals surface area contributed by atoms with Crippen LogP contribution in [0.25, 0.3) is 0 Å². The molecule has 0 aliphatic heterocycles. The fourth-order valence-corrected chi connectivity index (χ4v) is 2.59. The number of nitrogens with one attached hydrogen (secondary N) is 1. The van der Waals surface area contributed by atoms with Crippen molar-refractivity contribution in [2.45, 2.75) is 25.7 Å². The number of halogens is 1. The number of hydrogen-bond acceptors (Lipinski definition) is 4. The van der Waals surface area contributed by atoms with Crippen LogP contribution >= 0.6 is 11.6 Å². The molecule has 1 fully saturated rings. The molecule has 0 unspecified atom stereocenters. The number of carbonyl (C=O) groups excluding carboxylic acids is 1. The van der Waals surface area contributed by atoms with Crippen LogP contribution in [0.3, 0.4) is 0 Å². The molecule has 0 radical (unpaired) electrons. The van der Waals surface area contributed by atoms with Crippen molar-refractivity contribution in [3.8, 4) is 0 Å². The fraction of sp³-hybridized carbons (Fsp3) is 0.462. The summed E-state index contributed by atoms with van der Waals surface area (Å²) in [6.45, 7) is 0.487. The number of anilines is 1.